The van der Waals surface area contributed by atoms with Crippen molar-refractivity contribution in [2.75, 3.05) is 19.6 Å². The van der Waals surface area contributed by atoms with Crippen LogP contribution in [0.5, 0.6) is 0 Å². The Balaban J connectivity index is 2.69. The predicted octanol–water partition coefficient (Wildman–Crippen LogP) is 1.18. The molecule has 0 spiro atoms. The summed E-state index contributed by atoms with van der Waals surface area (Å²) in [5.41, 5.74) is 5.55. The van der Waals surface area contributed by atoms with Crippen LogP contribution in [-0.2, 0) is 10.0 Å². The number of nitrogens with zero attached hydrogens (tertiary/aromatic N) is 1. The molecule has 0 aromatic carbocycles. The molecule has 0 amide bonds. The summed E-state index contributed by atoms with van der Waals surface area (Å²) in [5, 5.41) is -0.141. The van der Waals surface area contributed by atoms with Crippen molar-refractivity contribution in [1.82, 2.24) is 4.31 Å². The van der Waals surface area contributed by atoms with Crippen molar-refractivity contribution in [3.05, 3.63) is 0 Å². The number of hydrogen-bond acceptors (Lipinski definition) is 3. The van der Waals surface area contributed by atoms with Crippen molar-refractivity contribution in [2.45, 2.75) is 44.8 Å². The minimum absolute atomic E-state index is 0.141. The Morgan fingerprint density at radius 1 is 1.38 bits per heavy atom. The minimum atomic E-state index is -3.08. The number of nitrogens with two attached hydrogens (primary N) is 1. The van der Waals surface area contributed by atoms with Crippen molar-refractivity contribution >= 4 is 10.0 Å². The summed E-state index contributed by atoms with van der Waals surface area (Å²) in [6.45, 7) is 5.55. The Bertz CT molecular complexity index is 297. The van der Waals surface area contributed by atoms with Crippen molar-refractivity contribution in [2.24, 2.45) is 11.7 Å². The standard InChI is InChI=1S/C11H24N2O2S/c1-3-13(9-10(2)8-12)16(14,15)11-6-4-5-7-11/h10-11H,3-9,12H2,1-2H3. The molecule has 96 valence electrons. The fourth-order valence-electron chi connectivity index (χ4n) is 2.23. The molecule has 1 unspecified atom stereocenters. The maximum atomic E-state index is 12.3. The normalized spacial score (nSPS) is 20.5. The average molecular weight is 248 g/mol. The van der Waals surface area contributed by atoms with Gasteiger partial charge in [0.25, 0.3) is 0 Å². The molecule has 0 aromatic rings. The molecule has 1 saturated carbocycles. The first-order valence-corrected chi connectivity index (χ1v) is 7.71. The van der Waals surface area contributed by atoms with E-state index in [1.54, 1.807) is 4.31 Å². The van der Waals surface area contributed by atoms with E-state index in [4.69, 9.17) is 5.73 Å². The minimum Gasteiger partial charge on any atom is -0.330 e. The lowest BCUT2D eigenvalue weighted by Gasteiger charge is -2.26. The van der Waals surface area contributed by atoms with Crippen LogP contribution < -0.4 is 5.73 Å². The van der Waals surface area contributed by atoms with Gasteiger partial charge in [0.2, 0.25) is 10.0 Å². The molecule has 0 aliphatic heterocycles. The maximum absolute atomic E-state index is 12.3. The van der Waals surface area contributed by atoms with E-state index in [0.717, 1.165) is 25.7 Å². The smallest absolute Gasteiger partial charge is 0.216 e. The average Bonchev–Trinajstić information content (AvgIpc) is 2.78. The maximum Gasteiger partial charge on any atom is 0.216 e. The van der Waals surface area contributed by atoms with Crippen LogP contribution in [0.3, 0.4) is 0 Å². The highest BCUT2D eigenvalue weighted by Crippen LogP contribution is 2.27. The molecular weight excluding hydrogens is 224 g/mol. The van der Waals surface area contributed by atoms with E-state index in [9.17, 15) is 8.42 Å². The molecule has 1 rings (SSSR count). The molecule has 0 aromatic heterocycles. The van der Waals surface area contributed by atoms with Gasteiger partial charge in [0.05, 0.1) is 5.25 Å². The largest absolute Gasteiger partial charge is 0.330 e. The quantitative estimate of drug-likeness (QED) is 0.767. The third kappa shape index (κ3) is 3.18. The van der Waals surface area contributed by atoms with E-state index in [1.165, 1.54) is 0 Å². The molecule has 1 fully saturated rings. The van der Waals surface area contributed by atoms with E-state index in [0.29, 0.717) is 19.6 Å². The van der Waals surface area contributed by atoms with E-state index >= 15 is 0 Å². The lowest BCUT2D eigenvalue weighted by atomic mass is 10.2. The van der Waals surface area contributed by atoms with Crippen LogP contribution in [0.15, 0.2) is 0 Å². The van der Waals surface area contributed by atoms with Crippen LogP contribution in [0, 0.1) is 5.92 Å². The first-order chi connectivity index (χ1) is 7.52. The highest BCUT2D eigenvalue weighted by molar-refractivity contribution is 7.89. The third-order valence-corrected chi connectivity index (χ3v) is 5.79. The molecule has 1 aliphatic rings. The lowest BCUT2D eigenvalue weighted by molar-refractivity contribution is 0.366. The Morgan fingerprint density at radius 3 is 2.38 bits per heavy atom. The van der Waals surface area contributed by atoms with Crippen LogP contribution in [0.2, 0.25) is 0 Å². The second kappa shape index (κ2) is 5.98. The van der Waals surface area contributed by atoms with Crippen molar-refractivity contribution in [3.8, 4) is 0 Å². The fourth-order valence-corrected chi connectivity index (χ4v) is 4.40. The van der Waals surface area contributed by atoms with Gasteiger partial charge in [0, 0.05) is 13.1 Å². The van der Waals surface area contributed by atoms with Gasteiger partial charge in [0.1, 0.15) is 0 Å². The summed E-state index contributed by atoms with van der Waals surface area (Å²) < 4.78 is 26.2. The number of rotatable bonds is 6. The van der Waals surface area contributed by atoms with Gasteiger partial charge in [0.15, 0.2) is 0 Å². The van der Waals surface area contributed by atoms with Gasteiger partial charge < -0.3 is 5.73 Å². The molecule has 2 N–H and O–H groups in total. The number of sulfonamides is 1. The van der Waals surface area contributed by atoms with Gasteiger partial charge in [-0.3, -0.25) is 0 Å². The summed E-state index contributed by atoms with van der Waals surface area (Å²) in [4.78, 5) is 0. The van der Waals surface area contributed by atoms with Gasteiger partial charge in [-0.15, -0.1) is 0 Å². The van der Waals surface area contributed by atoms with Gasteiger partial charge in [-0.1, -0.05) is 26.7 Å². The molecule has 1 atom stereocenters. The molecule has 4 nitrogen and oxygen atoms in total. The Hall–Kier alpha value is -0.130. The van der Waals surface area contributed by atoms with E-state index < -0.39 is 10.0 Å². The van der Waals surface area contributed by atoms with Crippen LogP contribution in [-0.4, -0.2) is 37.6 Å². The van der Waals surface area contributed by atoms with Gasteiger partial charge in [-0.25, -0.2) is 12.7 Å². The Labute approximate surface area is 99.2 Å². The monoisotopic (exact) mass is 248 g/mol. The predicted molar refractivity (Wildman–Crippen MR) is 66.6 cm³/mol. The molecule has 0 heterocycles. The number of hydrogen-bond donors (Lipinski definition) is 1. The van der Waals surface area contributed by atoms with E-state index in [2.05, 4.69) is 0 Å². The topological polar surface area (TPSA) is 63.4 Å². The second-order valence-corrected chi connectivity index (χ2v) is 6.96. The summed E-state index contributed by atoms with van der Waals surface area (Å²) in [7, 11) is -3.08. The zero-order chi connectivity index (χ0) is 12.2. The molecule has 1 aliphatic carbocycles. The summed E-state index contributed by atoms with van der Waals surface area (Å²) >= 11 is 0. The van der Waals surface area contributed by atoms with Crippen molar-refractivity contribution in [1.29, 1.82) is 0 Å². The fraction of sp³-hybridized carbons (Fsp3) is 1.00. The highest BCUT2D eigenvalue weighted by Gasteiger charge is 2.33. The molecule has 0 saturated heterocycles. The van der Waals surface area contributed by atoms with E-state index in [1.807, 2.05) is 13.8 Å². The van der Waals surface area contributed by atoms with Crippen LogP contribution in [0.25, 0.3) is 0 Å². The summed E-state index contributed by atoms with van der Waals surface area (Å²) in [6.07, 6.45) is 3.76. The van der Waals surface area contributed by atoms with Gasteiger partial charge in [-0.05, 0) is 25.3 Å². The lowest BCUT2D eigenvalue weighted by Crippen LogP contribution is -2.41. The molecule has 0 bridgehead atoms. The van der Waals surface area contributed by atoms with Crippen molar-refractivity contribution in [3.63, 3.8) is 0 Å². The molecule has 5 heteroatoms. The first-order valence-electron chi connectivity index (χ1n) is 6.21. The SMILES string of the molecule is CCN(CC(C)CN)S(=O)(=O)C1CCCC1. The van der Waals surface area contributed by atoms with Crippen LogP contribution >= 0.6 is 0 Å². The molecule has 0 radical (unpaired) electrons. The first kappa shape index (κ1) is 13.9. The van der Waals surface area contributed by atoms with Crippen LogP contribution in [0.4, 0.5) is 0 Å². The summed E-state index contributed by atoms with van der Waals surface area (Å²) in [5.74, 6) is 0.233. The zero-order valence-electron chi connectivity index (χ0n) is 10.4. The zero-order valence-corrected chi connectivity index (χ0v) is 11.2. The summed E-state index contributed by atoms with van der Waals surface area (Å²) in [6, 6.07) is 0. The molecular formula is C11H24N2O2S. The second-order valence-electron chi connectivity index (χ2n) is 4.74. The molecule has 16 heavy (non-hydrogen) atoms. The van der Waals surface area contributed by atoms with E-state index in [-0.39, 0.29) is 11.2 Å². The van der Waals surface area contributed by atoms with Gasteiger partial charge >= 0.3 is 0 Å². The highest BCUT2D eigenvalue weighted by atomic mass is 32.2. The third-order valence-electron chi connectivity index (χ3n) is 3.35. The van der Waals surface area contributed by atoms with Crippen LogP contribution in [0.1, 0.15) is 39.5 Å². The van der Waals surface area contributed by atoms with Crippen molar-refractivity contribution < 1.29 is 8.42 Å². The Morgan fingerprint density at radius 2 is 1.94 bits per heavy atom. The Kier molecular flexibility index (Phi) is 5.21. The van der Waals surface area contributed by atoms with Gasteiger partial charge in [-0.2, -0.15) is 0 Å².